The largest absolute Gasteiger partial charge is 0.507 e. The Morgan fingerprint density at radius 3 is 2.41 bits per heavy atom. The fourth-order valence-electron chi connectivity index (χ4n) is 2.10. The smallest absolute Gasteiger partial charge is 0.124 e. The van der Waals surface area contributed by atoms with Gasteiger partial charge < -0.3 is 15.5 Å². The standard InChI is InChI=1S/C14H23NO2/c1-5-10-6-7-11(9(2)3)13(14(10)17)12(16)8-15-4/h6-7,9,12,15-17H,5,8H2,1-4H3. The average molecular weight is 237 g/mol. The maximum atomic E-state index is 10.2. The summed E-state index contributed by atoms with van der Waals surface area (Å²) in [4.78, 5) is 0. The summed E-state index contributed by atoms with van der Waals surface area (Å²) < 4.78 is 0. The van der Waals surface area contributed by atoms with E-state index in [0.29, 0.717) is 12.1 Å². The number of aromatic hydroxyl groups is 1. The van der Waals surface area contributed by atoms with Crippen LogP contribution in [0.2, 0.25) is 0 Å². The Balaban J connectivity index is 3.29. The second kappa shape index (κ2) is 6.03. The van der Waals surface area contributed by atoms with Crippen LogP contribution in [-0.4, -0.2) is 23.8 Å². The molecule has 0 spiro atoms. The molecule has 1 aromatic carbocycles. The maximum absolute atomic E-state index is 10.2. The van der Waals surface area contributed by atoms with Crippen LogP contribution in [0.25, 0.3) is 0 Å². The van der Waals surface area contributed by atoms with Gasteiger partial charge in [0.05, 0.1) is 6.10 Å². The van der Waals surface area contributed by atoms with Crippen LogP contribution < -0.4 is 5.32 Å². The molecule has 0 amide bonds. The van der Waals surface area contributed by atoms with Gasteiger partial charge in [-0.25, -0.2) is 0 Å². The van der Waals surface area contributed by atoms with Gasteiger partial charge in [0.15, 0.2) is 0 Å². The number of aliphatic hydroxyl groups is 1. The van der Waals surface area contributed by atoms with Gasteiger partial charge in [-0.3, -0.25) is 0 Å². The number of nitrogens with one attached hydrogen (secondary N) is 1. The molecule has 1 rings (SSSR count). The Morgan fingerprint density at radius 2 is 1.94 bits per heavy atom. The third-order valence-electron chi connectivity index (χ3n) is 3.07. The van der Waals surface area contributed by atoms with Crippen molar-refractivity contribution in [2.75, 3.05) is 13.6 Å². The van der Waals surface area contributed by atoms with E-state index in [1.165, 1.54) is 0 Å². The lowest BCUT2D eigenvalue weighted by Gasteiger charge is -2.21. The molecule has 0 radical (unpaired) electrons. The lowest BCUT2D eigenvalue weighted by Crippen LogP contribution is -2.18. The van der Waals surface area contributed by atoms with Crippen LogP contribution in [0, 0.1) is 0 Å². The number of phenols is 1. The molecule has 1 atom stereocenters. The van der Waals surface area contributed by atoms with E-state index in [1.54, 1.807) is 7.05 Å². The zero-order valence-electron chi connectivity index (χ0n) is 11.1. The van der Waals surface area contributed by atoms with E-state index in [2.05, 4.69) is 19.2 Å². The summed E-state index contributed by atoms with van der Waals surface area (Å²) in [6, 6.07) is 3.96. The first-order valence-electron chi connectivity index (χ1n) is 6.20. The van der Waals surface area contributed by atoms with Crippen molar-refractivity contribution in [3.63, 3.8) is 0 Å². The molecule has 0 saturated carbocycles. The van der Waals surface area contributed by atoms with Crippen LogP contribution in [0.1, 0.15) is 49.5 Å². The fourth-order valence-corrected chi connectivity index (χ4v) is 2.10. The van der Waals surface area contributed by atoms with Crippen LogP contribution >= 0.6 is 0 Å². The number of hydrogen-bond donors (Lipinski definition) is 3. The van der Waals surface area contributed by atoms with E-state index < -0.39 is 6.10 Å². The van der Waals surface area contributed by atoms with Gasteiger partial charge in [0.25, 0.3) is 0 Å². The van der Waals surface area contributed by atoms with Crippen molar-refractivity contribution in [2.45, 2.75) is 39.2 Å². The molecule has 0 heterocycles. The number of likely N-dealkylation sites (N-methyl/N-ethyl adjacent to an activating group) is 1. The minimum atomic E-state index is -0.663. The molecule has 1 aromatic rings. The molecule has 0 aliphatic rings. The Bertz CT molecular complexity index is 375. The molecule has 0 aliphatic heterocycles. The summed E-state index contributed by atoms with van der Waals surface area (Å²) >= 11 is 0. The number of benzene rings is 1. The summed E-state index contributed by atoms with van der Waals surface area (Å²) in [7, 11) is 1.79. The summed E-state index contributed by atoms with van der Waals surface area (Å²) in [6.45, 7) is 6.57. The molecule has 1 unspecified atom stereocenters. The second-order valence-electron chi connectivity index (χ2n) is 4.66. The third kappa shape index (κ3) is 2.99. The molecule has 3 N–H and O–H groups in total. The van der Waals surface area contributed by atoms with Gasteiger partial charge in [-0.15, -0.1) is 0 Å². The van der Waals surface area contributed by atoms with Gasteiger partial charge in [-0.05, 0) is 30.5 Å². The lowest BCUT2D eigenvalue weighted by molar-refractivity contribution is 0.172. The third-order valence-corrected chi connectivity index (χ3v) is 3.07. The Labute approximate surface area is 103 Å². The molecule has 17 heavy (non-hydrogen) atoms. The number of aryl methyl sites for hydroxylation is 1. The number of hydrogen-bond acceptors (Lipinski definition) is 3. The van der Waals surface area contributed by atoms with E-state index in [0.717, 1.165) is 17.5 Å². The van der Waals surface area contributed by atoms with E-state index >= 15 is 0 Å². The van der Waals surface area contributed by atoms with Crippen LogP contribution in [0.4, 0.5) is 0 Å². The molecule has 3 nitrogen and oxygen atoms in total. The molecular formula is C14H23NO2. The fraction of sp³-hybridized carbons (Fsp3) is 0.571. The summed E-state index contributed by atoms with van der Waals surface area (Å²) in [5, 5.41) is 23.3. The minimum Gasteiger partial charge on any atom is -0.507 e. The molecule has 0 fully saturated rings. The quantitative estimate of drug-likeness (QED) is 0.736. The zero-order chi connectivity index (χ0) is 13.0. The zero-order valence-corrected chi connectivity index (χ0v) is 11.1. The highest BCUT2D eigenvalue weighted by Crippen LogP contribution is 2.35. The SMILES string of the molecule is CCc1ccc(C(C)C)c(C(O)CNC)c1O. The topological polar surface area (TPSA) is 52.5 Å². The van der Waals surface area contributed by atoms with Gasteiger partial charge >= 0.3 is 0 Å². The van der Waals surface area contributed by atoms with Gasteiger partial charge in [0, 0.05) is 12.1 Å². The molecule has 96 valence electrons. The normalized spacial score (nSPS) is 13.1. The monoisotopic (exact) mass is 237 g/mol. The molecule has 0 bridgehead atoms. The van der Waals surface area contributed by atoms with Crippen LogP contribution in [0.5, 0.6) is 5.75 Å². The van der Waals surface area contributed by atoms with Crippen molar-refractivity contribution in [2.24, 2.45) is 0 Å². The minimum absolute atomic E-state index is 0.251. The van der Waals surface area contributed by atoms with Gasteiger partial charge in [0.1, 0.15) is 5.75 Å². The highest BCUT2D eigenvalue weighted by Gasteiger charge is 2.20. The van der Waals surface area contributed by atoms with Crippen molar-refractivity contribution < 1.29 is 10.2 Å². The van der Waals surface area contributed by atoms with Crippen LogP contribution in [-0.2, 0) is 6.42 Å². The van der Waals surface area contributed by atoms with Crippen molar-refractivity contribution in [1.29, 1.82) is 0 Å². The first kappa shape index (κ1) is 14.0. The predicted molar refractivity (Wildman–Crippen MR) is 70.5 cm³/mol. The summed E-state index contributed by atoms with van der Waals surface area (Å²) in [5.41, 5.74) is 2.58. The molecule has 0 aliphatic carbocycles. The predicted octanol–water partition coefficient (Wildman–Crippen LogP) is 2.33. The molecule has 0 aromatic heterocycles. The Hall–Kier alpha value is -1.06. The Morgan fingerprint density at radius 1 is 1.29 bits per heavy atom. The van der Waals surface area contributed by atoms with Gasteiger partial charge in [-0.1, -0.05) is 32.9 Å². The van der Waals surface area contributed by atoms with E-state index in [1.807, 2.05) is 19.1 Å². The average Bonchev–Trinajstić information content (AvgIpc) is 2.28. The van der Waals surface area contributed by atoms with E-state index in [-0.39, 0.29) is 11.7 Å². The van der Waals surface area contributed by atoms with E-state index in [9.17, 15) is 10.2 Å². The first-order chi connectivity index (χ1) is 8.02. The number of aliphatic hydroxyl groups excluding tert-OH is 1. The molecular weight excluding hydrogens is 214 g/mol. The van der Waals surface area contributed by atoms with Crippen molar-refractivity contribution >= 4 is 0 Å². The van der Waals surface area contributed by atoms with Crippen LogP contribution in [0.15, 0.2) is 12.1 Å². The number of rotatable bonds is 5. The summed E-state index contributed by atoms with van der Waals surface area (Å²) in [5.74, 6) is 0.537. The van der Waals surface area contributed by atoms with Crippen LogP contribution in [0.3, 0.4) is 0 Å². The lowest BCUT2D eigenvalue weighted by atomic mass is 9.90. The highest BCUT2D eigenvalue weighted by atomic mass is 16.3. The van der Waals surface area contributed by atoms with Gasteiger partial charge in [0.2, 0.25) is 0 Å². The Kier molecular flexibility index (Phi) is 4.97. The van der Waals surface area contributed by atoms with Crippen molar-refractivity contribution in [3.8, 4) is 5.75 Å². The first-order valence-corrected chi connectivity index (χ1v) is 6.20. The van der Waals surface area contributed by atoms with Crippen molar-refractivity contribution in [1.82, 2.24) is 5.32 Å². The second-order valence-corrected chi connectivity index (χ2v) is 4.66. The number of phenolic OH excluding ortho intramolecular Hbond substituents is 1. The summed E-state index contributed by atoms with van der Waals surface area (Å²) in [6.07, 6.45) is 0.104. The maximum Gasteiger partial charge on any atom is 0.124 e. The van der Waals surface area contributed by atoms with Gasteiger partial charge in [-0.2, -0.15) is 0 Å². The van der Waals surface area contributed by atoms with E-state index in [4.69, 9.17) is 0 Å². The molecule has 3 heteroatoms. The highest BCUT2D eigenvalue weighted by molar-refractivity contribution is 5.48. The van der Waals surface area contributed by atoms with Crippen molar-refractivity contribution in [3.05, 3.63) is 28.8 Å². The molecule has 0 saturated heterocycles.